The van der Waals surface area contributed by atoms with Crippen molar-refractivity contribution in [3.63, 3.8) is 0 Å². The minimum Gasteiger partial charge on any atom is -0.385 e. The molecule has 0 amide bonds. The first-order valence-corrected chi connectivity index (χ1v) is 4.86. The smallest absolute Gasteiger partial charge is 0.135 e. The molecule has 0 aliphatic carbocycles. The Balaban J connectivity index is 2.66. The van der Waals surface area contributed by atoms with Crippen molar-refractivity contribution in [2.45, 2.75) is 13.0 Å². The van der Waals surface area contributed by atoms with Crippen molar-refractivity contribution in [2.75, 3.05) is 0 Å². The van der Waals surface area contributed by atoms with Crippen molar-refractivity contribution >= 4 is 34.2 Å². The monoisotopic (exact) mass is 230 g/mol. The number of fused-ring (bicyclic) bond motifs is 1. The highest BCUT2D eigenvalue weighted by atomic mass is 35.5. The maximum atomic E-state index is 9.30. The molecule has 3 nitrogen and oxygen atoms in total. The quantitative estimate of drug-likeness (QED) is 0.792. The lowest BCUT2D eigenvalue weighted by Crippen LogP contribution is -1.92. The number of hydrogen-bond acceptors (Lipinski definition) is 2. The molecule has 1 aromatic heterocycles. The molecule has 0 saturated carbocycles. The number of aliphatic hydroxyl groups is 1. The highest BCUT2D eigenvalue weighted by Gasteiger charge is 2.09. The van der Waals surface area contributed by atoms with Gasteiger partial charge in [0.2, 0.25) is 0 Å². The summed E-state index contributed by atoms with van der Waals surface area (Å²) in [5.74, 6) is 0.512. The van der Waals surface area contributed by atoms with Crippen LogP contribution in [0.5, 0.6) is 0 Å². The number of imidazole rings is 1. The second-order valence-corrected chi connectivity index (χ2v) is 3.90. The van der Waals surface area contributed by atoms with Gasteiger partial charge in [0.15, 0.2) is 0 Å². The predicted octanol–water partition coefficient (Wildman–Crippen LogP) is 2.92. The number of aromatic nitrogens is 2. The van der Waals surface area contributed by atoms with E-state index >= 15 is 0 Å². The fourth-order valence-corrected chi connectivity index (χ4v) is 1.54. The van der Waals surface area contributed by atoms with E-state index in [1.807, 2.05) is 0 Å². The van der Waals surface area contributed by atoms with Crippen molar-refractivity contribution in [3.8, 4) is 0 Å². The molecular weight excluding hydrogens is 223 g/mol. The van der Waals surface area contributed by atoms with Gasteiger partial charge in [-0.2, -0.15) is 0 Å². The van der Waals surface area contributed by atoms with Gasteiger partial charge in [-0.15, -0.1) is 0 Å². The van der Waals surface area contributed by atoms with Gasteiger partial charge in [0.05, 0.1) is 21.1 Å². The molecule has 5 heteroatoms. The molecule has 14 heavy (non-hydrogen) atoms. The van der Waals surface area contributed by atoms with Crippen LogP contribution in [-0.2, 0) is 0 Å². The Morgan fingerprint density at radius 3 is 2.64 bits per heavy atom. The molecule has 2 rings (SSSR count). The van der Waals surface area contributed by atoms with E-state index in [-0.39, 0.29) is 0 Å². The van der Waals surface area contributed by atoms with E-state index in [1.54, 1.807) is 19.1 Å². The molecule has 1 heterocycles. The molecule has 1 unspecified atom stereocenters. The summed E-state index contributed by atoms with van der Waals surface area (Å²) < 4.78 is 0. The van der Waals surface area contributed by atoms with E-state index in [1.165, 1.54) is 0 Å². The molecule has 0 aliphatic rings. The molecule has 2 N–H and O–H groups in total. The first-order chi connectivity index (χ1) is 6.58. The normalized spacial score (nSPS) is 13.4. The van der Waals surface area contributed by atoms with Crippen LogP contribution in [0.2, 0.25) is 10.0 Å². The Morgan fingerprint density at radius 1 is 1.36 bits per heavy atom. The van der Waals surface area contributed by atoms with E-state index < -0.39 is 6.10 Å². The summed E-state index contributed by atoms with van der Waals surface area (Å²) in [7, 11) is 0. The van der Waals surface area contributed by atoms with Crippen LogP contribution < -0.4 is 0 Å². The van der Waals surface area contributed by atoms with Crippen LogP contribution in [-0.4, -0.2) is 15.1 Å². The zero-order chi connectivity index (χ0) is 10.3. The van der Waals surface area contributed by atoms with Crippen molar-refractivity contribution in [1.82, 2.24) is 9.97 Å². The van der Waals surface area contributed by atoms with Crippen LogP contribution in [0, 0.1) is 0 Å². The number of nitrogens with zero attached hydrogens (tertiary/aromatic N) is 1. The second kappa shape index (κ2) is 3.42. The summed E-state index contributed by atoms with van der Waals surface area (Å²) >= 11 is 11.7. The van der Waals surface area contributed by atoms with Crippen LogP contribution >= 0.6 is 23.2 Å². The number of benzene rings is 1. The Labute approximate surface area is 90.7 Å². The Kier molecular flexibility index (Phi) is 2.39. The van der Waals surface area contributed by atoms with E-state index in [9.17, 15) is 5.11 Å². The average Bonchev–Trinajstić information content (AvgIpc) is 2.48. The number of aliphatic hydroxyl groups excluding tert-OH is 1. The summed E-state index contributed by atoms with van der Waals surface area (Å²) in [6.45, 7) is 1.64. The van der Waals surface area contributed by atoms with Gasteiger partial charge in [-0.25, -0.2) is 4.98 Å². The second-order valence-electron chi connectivity index (χ2n) is 3.08. The highest BCUT2D eigenvalue weighted by molar-refractivity contribution is 6.42. The maximum absolute atomic E-state index is 9.30. The van der Waals surface area contributed by atoms with Gasteiger partial charge >= 0.3 is 0 Å². The molecule has 74 valence electrons. The first-order valence-electron chi connectivity index (χ1n) is 4.10. The zero-order valence-electron chi connectivity index (χ0n) is 7.38. The number of H-pyrrole nitrogens is 1. The third kappa shape index (κ3) is 1.59. The van der Waals surface area contributed by atoms with Crippen LogP contribution in [0.15, 0.2) is 12.1 Å². The van der Waals surface area contributed by atoms with Crippen molar-refractivity contribution in [3.05, 3.63) is 28.0 Å². The number of halogens is 2. The van der Waals surface area contributed by atoms with E-state index in [0.717, 1.165) is 5.52 Å². The summed E-state index contributed by atoms with van der Waals surface area (Å²) in [6, 6.07) is 3.36. The van der Waals surface area contributed by atoms with Gasteiger partial charge in [-0.05, 0) is 19.1 Å². The Morgan fingerprint density at radius 2 is 2.00 bits per heavy atom. The molecule has 0 fully saturated rings. The fraction of sp³-hybridized carbons (Fsp3) is 0.222. The molecule has 2 aromatic rings. The summed E-state index contributed by atoms with van der Waals surface area (Å²) in [5, 5.41) is 10.2. The lowest BCUT2D eigenvalue weighted by molar-refractivity contribution is 0.190. The first kappa shape index (κ1) is 9.77. The third-order valence-electron chi connectivity index (χ3n) is 1.94. The molecule has 0 aliphatic heterocycles. The standard InChI is InChI=1S/C9H8Cl2N2O/c1-4(14)9-12-7-2-5(10)6(11)3-8(7)13-9/h2-4,14H,1H3,(H,12,13). The fourth-order valence-electron chi connectivity index (χ4n) is 1.22. The molecule has 0 spiro atoms. The van der Waals surface area contributed by atoms with Gasteiger partial charge in [0, 0.05) is 0 Å². The number of nitrogens with one attached hydrogen (secondary N) is 1. The van der Waals surface area contributed by atoms with E-state index in [0.29, 0.717) is 21.4 Å². The highest BCUT2D eigenvalue weighted by Crippen LogP contribution is 2.27. The average molecular weight is 231 g/mol. The minimum absolute atomic E-state index is 0.461. The van der Waals surface area contributed by atoms with Gasteiger partial charge in [0.1, 0.15) is 11.9 Å². The summed E-state index contributed by atoms with van der Waals surface area (Å²) in [4.78, 5) is 7.12. The predicted molar refractivity (Wildman–Crippen MR) is 56.7 cm³/mol. The number of aromatic amines is 1. The third-order valence-corrected chi connectivity index (χ3v) is 2.66. The summed E-state index contributed by atoms with van der Waals surface area (Å²) in [6.07, 6.45) is -0.625. The molecule has 1 aromatic carbocycles. The number of rotatable bonds is 1. The van der Waals surface area contributed by atoms with E-state index in [2.05, 4.69) is 9.97 Å². The zero-order valence-corrected chi connectivity index (χ0v) is 8.89. The van der Waals surface area contributed by atoms with Crippen molar-refractivity contribution < 1.29 is 5.11 Å². The van der Waals surface area contributed by atoms with Gasteiger partial charge < -0.3 is 10.1 Å². The molecular formula is C9H8Cl2N2O. The van der Waals surface area contributed by atoms with Gasteiger partial charge in [-0.1, -0.05) is 23.2 Å². The Hall–Kier alpha value is -0.770. The molecule has 1 atom stereocenters. The minimum atomic E-state index is -0.625. The summed E-state index contributed by atoms with van der Waals surface area (Å²) in [5.41, 5.74) is 1.48. The topological polar surface area (TPSA) is 48.9 Å². The lowest BCUT2D eigenvalue weighted by atomic mass is 10.3. The molecule has 0 saturated heterocycles. The largest absolute Gasteiger partial charge is 0.385 e. The SMILES string of the molecule is CC(O)c1nc2cc(Cl)c(Cl)cc2[nH]1. The molecule has 0 bridgehead atoms. The van der Waals surface area contributed by atoms with Crippen LogP contribution in [0.1, 0.15) is 18.9 Å². The lowest BCUT2D eigenvalue weighted by Gasteiger charge is -1.95. The maximum Gasteiger partial charge on any atom is 0.135 e. The molecule has 0 radical (unpaired) electrons. The van der Waals surface area contributed by atoms with E-state index in [4.69, 9.17) is 23.2 Å². The van der Waals surface area contributed by atoms with Crippen LogP contribution in [0.4, 0.5) is 0 Å². The van der Waals surface area contributed by atoms with Crippen LogP contribution in [0.25, 0.3) is 11.0 Å². The van der Waals surface area contributed by atoms with Crippen molar-refractivity contribution in [2.24, 2.45) is 0 Å². The number of hydrogen-bond donors (Lipinski definition) is 2. The van der Waals surface area contributed by atoms with Gasteiger partial charge in [0.25, 0.3) is 0 Å². The van der Waals surface area contributed by atoms with Crippen LogP contribution in [0.3, 0.4) is 0 Å². The van der Waals surface area contributed by atoms with Crippen molar-refractivity contribution in [1.29, 1.82) is 0 Å². The Bertz CT molecular complexity index is 440. The van der Waals surface area contributed by atoms with Gasteiger partial charge in [-0.3, -0.25) is 0 Å².